The summed E-state index contributed by atoms with van der Waals surface area (Å²) in [6.45, 7) is 0. The number of carboxylic acids is 1. The van der Waals surface area contributed by atoms with Crippen molar-refractivity contribution >= 4 is 29.5 Å². The third-order valence-electron chi connectivity index (χ3n) is 1.53. The Morgan fingerprint density at radius 3 is 2.82 bits per heavy atom. The molecule has 64 valence electrons. The molecule has 0 aliphatic carbocycles. The van der Waals surface area contributed by atoms with E-state index in [1.165, 1.54) is 0 Å². The number of rotatable bonds is 2. The molecule has 0 spiro atoms. The Kier molecular flexibility index (Phi) is 3.54. The van der Waals surface area contributed by atoms with Crippen LogP contribution in [0.4, 0.5) is 0 Å². The van der Waals surface area contributed by atoms with Crippen LogP contribution in [0.3, 0.4) is 0 Å². The number of thioether (sulfide) groups is 2. The quantitative estimate of drug-likeness (QED) is 0.658. The molecule has 0 saturated carbocycles. The fraction of sp³-hybridized carbons (Fsp3) is 0.833. The van der Waals surface area contributed by atoms with Crippen molar-refractivity contribution < 1.29 is 9.90 Å². The molecule has 0 amide bonds. The minimum absolute atomic E-state index is 0.103. The van der Waals surface area contributed by atoms with Gasteiger partial charge in [0.2, 0.25) is 0 Å². The number of nitrogens with two attached hydrogens (primary N) is 1. The molecule has 0 radical (unpaired) electrons. The summed E-state index contributed by atoms with van der Waals surface area (Å²) in [6.07, 6.45) is 0. The van der Waals surface area contributed by atoms with Gasteiger partial charge in [-0.25, -0.2) is 0 Å². The van der Waals surface area contributed by atoms with Crippen molar-refractivity contribution in [1.82, 2.24) is 0 Å². The number of hydrogen-bond acceptors (Lipinski definition) is 4. The van der Waals surface area contributed by atoms with Crippen molar-refractivity contribution in [1.29, 1.82) is 0 Å². The zero-order valence-corrected chi connectivity index (χ0v) is 7.66. The molecule has 1 aliphatic heterocycles. The van der Waals surface area contributed by atoms with Gasteiger partial charge in [0.15, 0.2) is 0 Å². The van der Waals surface area contributed by atoms with Gasteiger partial charge in [0.25, 0.3) is 0 Å². The molecule has 0 aromatic heterocycles. The summed E-state index contributed by atoms with van der Waals surface area (Å²) < 4.78 is 0. The molecular weight excluding hydrogens is 182 g/mol. The molecule has 2 unspecified atom stereocenters. The molecule has 2 atom stereocenters. The Balaban J connectivity index is 2.38. The third kappa shape index (κ3) is 2.57. The number of hydrogen-bond donors (Lipinski definition) is 2. The molecule has 5 heteroatoms. The van der Waals surface area contributed by atoms with Crippen molar-refractivity contribution in [2.24, 2.45) is 5.73 Å². The predicted molar refractivity (Wildman–Crippen MR) is 49.2 cm³/mol. The number of aliphatic carboxylic acids is 1. The first-order valence-corrected chi connectivity index (χ1v) is 5.60. The van der Waals surface area contributed by atoms with Crippen LogP contribution in [0, 0.1) is 0 Å². The third-order valence-corrected chi connectivity index (χ3v) is 4.41. The Labute approximate surface area is 74.1 Å². The summed E-state index contributed by atoms with van der Waals surface area (Å²) in [7, 11) is 0. The van der Waals surface area contributed by atoms with Gasteiger partial charge in [0.05, 0.1) is 0 Å². The smallest absolute Gasteiger partial charge is 0.321 e. The van der Waals surface area contributed by atoms with Gasteiger partial charge < -0.3 is 10.8 Å². The van der Waals surface area contributed by atoms with Crippen molar-refractivity contribution in [2.75, 3.05) is 17.3 Å². The summed E-state index contributed by atoms with van der Waals surface area (Å²) in [6, 6.07) is -0.687. The molecule has 11 heavy (non-hydrogen) atoms. The Morgan fingerprint density at radius 1 is 1.64 bits per heavy atom. The van der Waals surface area contributed by atoms with Gasteiger partial charge in [0, 0.05) is 22.5 Å². The summed E-state index contributed by atoms with van der Waals surface area (Å²) in [4.78, 5) is 10.5. The van der Waals surface area contributed by atoms with Gasteiger partial charge in [-0.05, 0) is 0 Å². The molecule has 1 heterocycles. The average molecular weight is 193 g/mol. The van der Waals surface area contributed by atoms with Crippen LogP contribution in [0.25, 0.3) is 0 Å². The van der Waals surface area contributed by atoms with Crippen LogP contribution in [0.2, 0.25) is 0 Å². The zero-order chi connectivity index (χ0) is 8.27. The van der Waals surface area contributed by atoms with Crippen LogP contribution < -0.4 is 5.73 Å². The maximum absolute atomic E-state index is 10.5. The Morgan fingerprint density at radius 2 is 2.36 bits per heavy atom. The normalized spacial score (nSPS) is 27.9. The highest BCUT2D eigenvalue weighted by Crippen LogP contribution is 2.25. The van der Waals surface area contributed by atoms with Crippen molar-refractivity contribution in [3.05, 3.63) is 0 Å². The van der Waals surface area contributed by atoms with E-state index in [-0.39, 0.29) is 5.25 Å². The highest BCUT2D eigenvalue weighted by Gasteiger charge is 2.26. The van der Waals surface area contributed by atoms with Crippen LogP contribution in [0.1, 0.15) is 0 Å². The minimum Gasteiger partial charge on any atom is -0.480 e. The lowest BCUT2D eigenvalue weighted by molar-refractivity contribution is -0.138. The van der Waals surface area contributed by atoms with Gasteiger partial charge in [-0.1, -0.05) is 0 Å². The lowest BCUT2D eigenvalue weighted by Crippen LogP contribution is -2.42. The second kappa shape index (κ2) is 4.23. The van der Waals surface area contributed by atoms with Crippen molar-refractivity contribution in [3.63, 3.8) is 0 Å². The summed E-state index contributed by atoms with van der Waals surface area (Å²) in [5.41, 5.74) is 5.46. The van der Waals surface area contributed by atoms with E-state index in [0.717, 1.165) is 17.3 Å². The molecule has 0 bridgehead atoms. The Bertz CT molecular complexity index is 148. The topological polar surface area (TPSA) is 63.3 Å². The lowest BCUT2D eigenvalue weighted by Gasteiger charge is -2.23. The highest BCUT2D eigenvalue weighted by molar-refractivity contribution is 8.06. The molecule has 1 fully saturated rings. The van der Waals surface area contributed by atoms with E-state index >= 15 is 0 Å². The van der Waals surface area contributed by atoms with Crippen molar-refractivity contribution in [3.8, 4) is 0 Å². The molecule has 1 saturated heterocycles. The SMILES string of the molecule is NC(C(=O)O)C1CSCCS1. The average Bonchev–Trinajstić information content (AvgIpc) is 2.05. The largest absolute Gasteiger partial charge is 0.480 e. The van der Waals surface area contributed by atoms with Crippen molar-refractivity contribution in [2.45, 2.75) is 11.3 Å². The van der Waals surface area contributed by atoms with Gasteiger partial charge >= 0.3 is 5.97 Å². The molecule has 1 rings (SSSR count). The fourth-order valence-corrected chi connectivity index (χ4v) is 3.64. The second-order valence-corrected chi connectivity index (χ2v) is 4.85. The summed E-state index contributed by atoms with van der Waals surface area (Å²) in [5.74, 6) is 2.13. The van der Waals surface area contributed by atoms with E-state index in [1.807, 2.05) is 0 Å². The van der Waals surface area contributed by atoms with Gasteiger partial charge in [-0.2, -0.15) is 23.5 Å². The maximum Gasteiger partial charge on any atom is 0.321 e. The van der Waals surface area contributed by atoms with E-state index in [4.69, 9.17) is 10.8 Å². The number of carbonyl (C=O) groups is 1. The molecule has 1 aliphatic rings. The molecule has 3 N–H and O–H groups in total. The standard InChI is InChI=1S/C6H11NO2S2/c7-5(6(8)9)4-3-10-1-2-11-4/h4-5H,1-3,7H2,(H,8,9). The lowest BCUT2D eigenvalue weighted by atomic mass is 10.2. The van der Waals surface area contributed by atoms with E-state index in [2.05, 4.69) is 0 Å². The van der Waals surface area contributed by atoms with E-state index < -0.39 is 12.0 Å². The first kappa shape index (κ1) is 9.22. The van der Waals surface area contributed by atoms with Crippen LogP contribution in [0.5, 0.6) is 0 Å². The molecular formula is C6H11NO2S2. The van der Waals surface area contributed by atoms with E-state index in [1.54, 1.807) is 23.5 Å². The number of carboxylic acid groups (broad SMARTS) is 1. The van der Waals surface area contributed by atoms with E-state index in [0.29, 0.717) is 0 Å². The Hall–Kier alpha value is 0.130. The van der Waals surface area contributed by atoms with Crippen LogP contribution >= 0.6 is 23.5 Å². The van der Waals surface area contributed by atoms with Crippen LogP contribution in [0.15, 0.2) is 0 Å². The summed E-state index contributed by atoms with van der Waals surface area (Å²) in [5, 5.41) is 8.69. The maximum atomic E-state index is 10.5. The second-order valence-electron chi connectivity index (χ2n) is 2.35. The van der Waals surface area contributed by atoms with Gasteiger partial charge in [-0.15, -0.1) is 0 Å². The minimum atomic E-state index is -0.884. The van der Waals surface area contributed by atoms with Gasteiger partial charge in [-0.3, -0.25) is 4.79 Å². The monoisotopic (exact) mass is 193 g/mol. The van der Waals surface area contributed by atoms with Crippen LogP contribution in [-0.4, -0.2) is 39.6 Å². The molecule has 0 aromatic carbocycles. The fourth-order valence-electron chi connectivity index (χ4n) is 0.872. The van der Waals surface area contributed by atoms with E-state index in [9.17, 15) is 4.79 Å². The van der Waals surface area contributed by atoms with Gasteiger partial charge in [0.1, 0.15) is 6.04 Å². The summed E-state index contributed by atoms with van der Waals surface area (Å²) >= 11 is 3.46. The molecule has 0 aromatic rings. The predicted octanol–water partition coefficient (Wildman–Crippen LogP) is 0.247. The zero-order valence-electron chi connectivity index (χ0n) is 6.03. The molecule has 3 nitrogen and oxygen atoms in total. The first-order valence-electron chi connectivity index (χ1n) is 3.39. The van der Waals surface area contributed by atoms with Crippen LogP contribution in [-0.2, 0) is 4.79 Å². The first-order chi connectivity index (χ1) is 5.22. The highest BCUT2D eigenvalue weighted by atomic mass is 32.2.